The maximum Gasteiger partial charge on any atom is 0.311 e. The minimum atomic E-state index is -0.817. The summed E-state index contributed by atoms with van der Waals surface area (Å²) in [6.07, 6.45) is 2.19. The molecule has 0 saturated heterocycles. The first-order valence-electron chi connectivity index (χ1n) is 6.23. The summed E-state index contributed by atoms with van der Waals surface area (Å²) in [4.78, 5) is 23.3. The third-order valence-corrected chi connectivity index (χ3v) is 4.84. The molecular weight excluding hydrogens is 310 g/mol. The van der Waals surface area contributed by atoms with Gasteiger partial charge >= 0.3 is 5.97 Å². The van der Waals surface area contributed by atoms with E-state index in [-0.39, 0.29) is 12.5 Å². The minimum Gasteiger partial charge on any atom is -0.481 e. The number of aryl methyl sites for hydroxylation is 1. The Balaban J connectivity index is 2.06. The summed E-state index contributed by atoms with van der Waals surface area (Å²) in [5.41, 5.74) is 0.760. The zero-order chi connectivity index (χ0) is 14.0. The number of carboxylic acids is 1. The Morgan fingerprint density at radius 3 is 2.63 bits per heavy atom. The van der Waals surface area contributed by atoms with Crippen molar-refractivity contribution in [3.05, 3.63) is 33.8 Å². The highest BCUT2D eigenvalue weighted by Crippen LogP contribution is 2.40. The van der Waals surface area contributed by atoms with Crippen molar-refractivity contribution < 1.29 is 14.7 Å². The molecule has 2 N–H and O–H groups in total. The van der Waals surface area contributed by atoms with Gasteiger partial charge in [-0.05, 0) is 47.3 Å². The number of hydrogen-bond donors (Lipinski definition) is 2. The lowest BCUT2D eigenvalue weighted by atomic mass is 9.69. The lowest BCUT2D eigenvalue weighted by molar-refractivity contribution is -0.153. The second-order valence-electron chi connectivity index (χ2n) is 5.06. The van der Waals surface area contributed by atoms with E-state index in [2.05, 4.69) is 21.2 Å². The highest BCUT2D eigenvalue weighted by molar-refractivity contribution is 9.10. The van der Waals surface area contributed by atoms with Gasteiger partial charge in [0.2, 0.25) is 0 Å². The second-order valence-corrected chi connectivity index (χ2v) is 5.85. The SMILES string of the molecule is Cc1cccc(C(=O)NCC2(C(=O)O)CCC2)c1Br. The maximum absolute atomic E-state index is 12.1. The van der Waals surface area contributed by atoms with Crippen molar-refractivity contribution in [2.45, 2.75) is 26.2 Å². The van der Waals surface area contributed by atoms with Gasteiger partial charge in [-0.3, -0.25) is 9.59 Å². The molecule has 0 atom stereocenters. The predicted octanol–water partition coefficient (Wildman–Crippen LogP) is 2.74. The number of halogens is 1. The molecule has 0 aromatic heterocycles. The average molecular weight is 326 g/mol. The van der Waals surface area contributed by atoms with Crippen LogP contribution < -0.4 is 5.32 Å². The summed E-state index contributed by atoms with van der Waals surface area (Å²) in [6, 6.07) is 5.44. The van der Waals surface area contributed by atoms with Crippen LogP contribution in [0.2, 0.25) is 0 Å². The Morgan fingerprint density at radius 2 is 2.11 bits per heavy atom. The van der Waals surface area contributed by atoms with E-state index >= 15 is 0 Å². The van der Waals surface area contributed by atoms with Crippen molar-refractivity contribution in [1.82, 2.24) is 5.32 Å². The number of carboxylic acid groups (broad SMARTS) is 1. The van der Waals surface area contributed by atoms with E-state index in [1.165, 1.54) is 0 Å². The smallest absolute Gasteiger partial charge is 0.311 e. The molecule has 0 radical (unpaired) electrons. The largest absolute Gasteiger partial charge is 0.481 e. The van der Waals surface area contributed by atoms with Crippen molar-refractivity contribution in [2.75, 3.05) is 6.54 Å². The maximum atomic E-state index is 12.1. The Morgan fingerprint density at radius 1 is 1.42 bits per heavy atom. The van der Waals surface area contributed by atoms with Crippen molar-refractivity contribution >= 4 is 27.8 Å². The molecule has 102 valence electrons. The van der Waals surface area contributed by atoms with Gasteiger partial charge in [0.25, 0.3) is 5.91 Å². The van der Waals surface area contributed by atoms with E-state index in [1.807, 2.05) is 19.1 Å². The van der Waals surface area contributed by atoms with Crippen LogP contribution in [0.4, 0.5) is 0 Å². The number of amides is 1. The van der Waals surface area contributed by atoms with Crippen LogP contribution in [0.25, 0.3) is 0 Å². The Labute approximate surface area is 120 Å². The molecule has 19 heavy (non-hydrogen) atoms. The Bertz CT molecular complexity index is 523. The van der Waals surface area contributed by atoms with Gasteiger partial charge in [0, 0.05) is 11.0 Å². The van der Waals surface area contributed by atoms with Gasteiger partial charge in [0.1, 0.15) is 0 Å². The topological polar surface area (TPSA) is 66.4 Å². The van der Waals surface area contributed by atoms with Gasteiger partial charge in [0.15, 0.2) is 0 Å². The number of benzene rings is 1. The van der Waals surface area contributed by atoms with Gasteiger partial charge < -0.3 is 10.4 Å². The van der Waals surface area contributed by atoms with Crippen molar-refractivity contribution in [3.63, 3.8) is 0 Å². The Kier molecular flexibility index (Phi) is 3.94. The summed E-state index contributed by atoms with van der Waals surface area (Å²) >= 11 is 3.38. The van der Waals surface area contributed by atoms with Gasteiger partial charge in [-0.2, -0.15) is 0 Å². The van der Waals surface area contributed by atoms with Crippen LogP contribution >= 0.6 is 15.9 Å². The van der Waals surface area contributed by atoms with E-state index in [0.29, 0.717) is 18.4 Å². The summed E-state index contributed by atoms with van der Waals surface area (Å²) in [6.45, 7) is 2.10. The fourth-order valence-electron chi connectivity index (χ4n) is 2.24. The van der Waals surface area contributed by atoms with Gasteiger partial charge in [-0.15, -0.1) is 0 Å². The minimum absolute atomic E-state index is 0.196. The van der Waals surface area contributed by atoms with Crippen LogP contribution in [-0.4, -0.2) is 23.5 Å². The first kappa shape index (κ1) is 14.1. The van der Waals surface area contributed by atoms with Crippen LogP contribution in [0.3, 0.4) is 0 Å². The van der Waals surface area contributed by atoms with Crippen molar-refractivity contribution in [2.24, 2.45) is 5.41 Å². The molecule has 0 aliphatic heterocycles. The summed E-state index contributed by atoms with van der Waals surface area (Å²) in [7, 11) is 0. The van der Waals surface area contributed by atoms with E-state index in [9.17, 15) is 14.7 Å². The lowest BCUT2D eigenvalue weighted by Gasteiger charge is -2.37. The predicted molar refractivity (Wildman–Crippen MR) is 75.1 cm³/mol. The standard InChI is InChI=1S/C14H16BrNO3/c1-9-4-2-5-10(11(9)15)12(17)16-8-14(13(18)19)6-3-7-14/h2,4-5H,3,6-8H2,1H3,(H,16,17)(H,18,19). The first-order valence-corrected chi connectivity index (χ1v) is 7.02. The summed E-state index contributed by atoms with van der Waals surface area (Å²) in [5.74, 6) is -1.05. The first-order chi connectivity index (χ1) is 8.96. The fourth-order valence-corrected chi connectivity index (χ4v) is 2.68. The normalized spacial score (nSPS) is 16.5. The van der Waals surface area contributed by atoms with Crippen molar-refractivity contribution in [1.29, 1.82) is 0 Å². The van der Waals surface area contributed by atoms with E-state index in [4.69, 9.17) is 0 Å². The Hall–Kier alpha value is -1.36. The molecule has 4 nitrogen and oxygen atoms in total. The molecule has 0 bridgehead atoms. The van der Waals surface area contributed by atoms with Gasteiger partial charge in [-0.25, -0.2) is 0 Å². The quantitative estimate of drug-likeness (QED) is 0.894. The molecule has 1 fully saturated rings. The van der Waals surface area contributed by atoms with Gasteiger partial charge in [-0.1, -0.05) is 18.6 Å². The number of carbonyl (C=O) groups is 2. The molecule has 1 aliphatic carbocycles. The fraction of sp³-hybridized carbons (Fsp3) is 0.429. The molecule has 2 rings (SSSR count). The summed E-state index contributed by atoms with van der Waals surface area (Å²) < 4.78 is 0.755. The van der Waals surface area contributed by atoms with Gasteiger partial charge in [0.05, 0.1) is 11.0 Å². The molecule has 1 aromatic carbocycles. The molecule has 0 heterocycles. The van der Waals surface area contributed by atoms with Crippen LogP contribution in [-0.2, 0) is 4.79 Å². The van der Waals surface area contributed by atoms with Crippen molar-refractivity contribution in [3.8, 4) is 0 Å². The third kappa shape index (κ3) is 2.66. The average Bonchev–Trinajstić information content (AvgIpc) is 2.30. The monoisotopic (exact) mass is 325 g/mol. The van der Waals surface area contributed by atoms with E-state index < -0.39 is 11.4 Å². The molecule has 1 aromatic rings. The van der Waals surface area contributed by atoms with E-state index in [1.54, 1.807) is 6.07 Å². The summed E-state index contributed by atoms with van der Waals surface area (Å²) in [5, 5.41) is 11.9. The molecular formula is C14H16BrNO3. The number of nitrogens with one attached hydrogen (secondary N) is 1. The number of aliphatic carboxylic acids is 1. The molecule has 1 saturated carbocycles. The molecule has 1 amide bonds. The van der Waals surface area contributed by atoms with Crippen LogP contribution in [0.5, 0.6) is 0 Å². The zero-order valence-corrected chi connectivity index (χ0v) is 12.3. The van der Waals surface area contributed by atoms with Crippen LogP contribution in [0, 0.1) is 12.3 Å². The van der Waals surface area contributed by atoms with E-state index in [0.717, 1.165) is 16.5 Å². The highest BCUT2D eigenvalue weighted by Gasteiger charge is 2.44. The second kappa shape index (κ2) is 5.33. The number of carbonyl (C=O) groups excluding carboxylic acids is 1. The third-order valence-electron chi connectivity index (χ3n) is 3.79. The molecule has 5 heteroatoms. The zero-order valence-electron chi connectivity index (χ0n) is 10.7. The highest BCUT2D eigenvalue weighted by atomic mass is 79.9. The number of hydrogen-bond acceptors (Lipinski definition) is 2. The number of rotatable bonds is 4. The molecule has 0 spiro atoms. The van der Waals surface area contributed by atoms with Crippen LogP contribution in [0.15, 0.2) is 22.7 Å². The molecule has 0 unspecified atom stereocenters. The van der Waals surface area contributed by atoms with Crippen LogP contribution in [0.1, 0.15) is 35.2 Å². The molecule has 1 aliphatic rings. The lowest BCUT2D eigenvalue weighted by Crippen LogP contribution is -2.47.